The van der Waals surface area contributed by atoms with Crippen molar-refractivity contribution in [3.8, 4) is 16.9 Å². The summed E-state index contributed by atoms with van der Waals surface area (Å²) < 4.78 is 5.22. The number of hydrogen-bond acceptors (Lipinski definition) is 4. The van der Waals surface area contributed by atoms with Gasteiger partial charge in [-0.05, 0) is 72.9 Å². The van der Waals surface area contributed by atoms with Crippen LogP contribution in [0.5, 0.6) is 5.75 Å². The highest BCUT2D eigenvalue weighted by molar-refractivity contribution is 6.00. The Morgan fingerprint density at radius 1 is 0.686 bits per heavy atom. The summed E-state index contributed by atoms with van der Waals surface area (Å²) in [5.41, 5.74) is 13.0. The van der Waals surface area contributed by atoms with Crippen molar-refractivity contribution in [2.45, 2.75) is 27.3 Å². The van der Waals surface area contributed by atoms with E-state index in [-0.39, 0.29) is 0 Å². The Morgan fingerprint density at radius 2 is 1.23 bits per heavy atom. The molecule has 0 radical (unpaired) electrons. The van der Waals surface area contributed by atoms with Gasteiger partial charge in [-0.15, -0.1) is 0 Å². The van der Waals surface area contributed by atoms with Crippen LogP contribution in [0.25, 0.3) is 11.1 Å². The van der Waals surface area contributed by atoms with Crippen molar-refractivity contribution in [3.05, 3.63) is 119 Å². The maximum absolute atomic E-state index is 5.22. The lowest BCUT2D eigenvalue weighted by Gasteiger charge is -2.07. The zero-order valence-electron chi connectivity index (χ0n) is 20.7. The summed E-state index contributed by atoms with van der Waals surface area (Å²) in [7, 11) is 1.68. The number of hydrazone groups is 1. The van der Waals surface area contributed by atoms with E-state index >= 15 is 0 Å². The highest BCUT2D eigenvalue weighted by Crippen LogP contribution is 2.21. The fourth-order valence-corrected chi connectivity index (χ4v) is 3.68. The number of aliphatic imine (C=N–C) groups is 1. The molecule has 0 fully saturated rings. The first kappa shape index (κ1) is 24.0. The molecule has 0 bridgehead atoms. The molecular weight excluding hydrogens is 430 g/mol. The van der Waals surface area contributed by atoms with Gasteiger partial charge in [-0.25, -0.2) is 0 Å². The largest absolute Gasteiger partial charge is 0.497 e. The van der Waals surface area contributed by atoms with Crippen molar-refractivity contribution in [2.75, 3.05) is 12.5 Å². The van der Waals surface area contributed by atoms with E-state index in [1.807, 2.05) is 43.3 Å². The van der Waals surface area contributed by atoms with Crippen molar-refractivity contribution in [2.24, 2.45) is 10.1 Å². The first-order valence-electron chi connectivity index (χ1n) is 11.7. The van der Waals surface area contributed by atoms with E-state index < -0.39 is 0 Å². The fraction of sp³-hybridized carbons (Fsp3) is 0.161. The Bertz CT molecular complexity index is 1300. The molecule has 4 nitrogen and oxygen atoms in total. The van der Waals surface area contributed by atoms with Crippen molar-refractivity contribution in [1.29, 1.82) is 0 Å². The Balaban J connectivity index is 1.39. The second kappa shape index (κ2) is 11.3. The van der Waals surface area contributed by atoms with Gasteiger partial charge in [0.1, 0.15) is 5.75 Å². The first-order chi connectivity index (χ1) is 17.0. The number of ether oxygens (including phenoxy) is 1. The van der Waals surface area contributed by atoms with Crippen LogP contribution in [0.3, 0.4) is 0 Å². The molecule has 176 valence electrons. The molecule has 0 aliphatic carbocycles. The van der Waals surface area contributed by atoms with Crippen molar-refractivity contribution in [3.63, 3.8) is 0 Å². The Hall–Kier alpha value is -4.18. The zero-order valence-corrected chi connectivity index (χ0v) is 20.7. The van der Waals surface area contributed by atoms with Crippen LogP contribution in [0.2, 0.25) is 0 Å². The average Bonchev–Trinajstić information content (AvgIpc) is 2.91. The highest BCUT2D eigenvalue weighted by atomic mass is 16.5. The van der Waals surface area contributed by atoms with Crippen LogP contribution >= 0.6 is 0 Å². The zero-order chi connectivity index (χ0) is 24.6. The van der Waals surface area contributed by atoms with Crippen LogP contribution < -0.4 is 10.2 Å². The summed E-state index contributed by atoms with van der Waals surface area (Å²) in [4.78, 5) is 4.75. The Kier molecular flexibility index (Phi) is 7.74. The smallest absolute Gasteiger partial charge is 0.118 e. The third-order valence-electron chi connectivity index (χ3n) is 6.00. The van der Waals surface area contributed by atoms with Gasteiger partial charge in [0.05, 0.1) is 25.1 Å². The van der Waals surface area contributed by atoms with Crippen molar-refractivity contribution >= 4 is 17.1 Å². The van der Waals surface area contributed by atoms with Gasteiger partial charge in [-0.2, -0.15) is 5.10 Å². The van der Waals surface area contributed by atoms with Gasteiger partial charge in [0, 0.05) is 5.71 Å². The minimum absolute atomic E-state index is 0.652. The minimum atomic E-state index is 0.652. The maximum atomic E-state index is 5.22. The summed E-state index contributed by atoms with van der Waals surface area (Å²) in [6, 6.07) is 33.3. The van der Waals surface area contributed by atoms with E-state index in [0.717, 1.165) is 39.6 Å². The molecule has 4 rings (SSSR count). The molecule has 0 saturated carbocycles. The van der Waals surface area contributed by atoms with E-state index in [4.69, 9.17) is 9.73 Å². The fourth-order valence-electron chi connectivity index (χ4n) is 3.68. The van der Waals surface area contributed by atoms with E-state index in [1.54, 1.807) is 7.11 Å². The van der Waals surface area contributed by atoms with Crippen LogP contribution in [0.15, 0.2) is 107 Å². The van der Waals surface area contributed by atoms with E-state index in [2.05, 4.69) is 85.0 Å². The van der Waals surface area contributed by atoms with Crippen LogP contribution in [0.1, 0.15) is 36.1 Å². The van der Waals surface area contributed by atoms with E-state index in [1.165, 1.54) is 16.7 Å². The highest BCUT2D eigenvalue weighted by Gasteiger charge is 2.03. The van der Waals surface area contributed by atoms with E-state index in [0.29, 0.717) is 6.54 Å². The molecule has 0 unspecified atom stereocenters. The molecule has 0 saturated heterocycles. The molecule has 35 heavy (non-hydrogen) atoms. The van der Waals surface area contributed by atoms with Gasteiger partial charge in [0.15, 0.2) is 0 Å². The summed E-state index contributed by atoms with van der Waals surface area (Å²) in [5, 5.41) is 4.52. The number of anilines is 1. The molecule has 1 N–H and O–H groups in total. The van der Waals surface area contributed by atoms with Crippen molar-refractivity contribution in [1.82, 2.24) is 0 Å². The molecule has 4 heteroatoms. The molecule has 0 aliphatic heterocycles. The predicted octanol–water partition coefficient (Wildman–Crippen LogP) is 7.52. The van der Waals surface area contributed by atoms with Crippen LogP contribution in [-0.2, 0) is 6.54 Å². The normalized spacial score (nSPS) is 11.9. The molecular formula is C31H31N3O. The number of methoxy groups -OCH3 is 1. The average molecular weight is 462 g/mol. The molecule has 0 spiro atoms. The number of nitrogens with one attached hydrogen (secondary N) is 1. The molecule has 0 atom stereocenters. The topological polar surface area (TPSA) is 46.0 Å². The predicted molar refractivity (Wildman–Crippen MR) is 148 cm³/mol. The third-order valence-corrected chi connectivity index (χ3v) is 6.00. The number of rotatable bonds is 8. The van der Waals surface area contributed by atoms with E-state index in [9.17, 15) is 0 Å². The molecule has 0 heterocycles. The molecule has 4 aromatic carbocycles. The quantitative estimate of drug-likeness (QED) is 0.218. The van der Waals surface area contributed by atoms with Gasteiger partial charge in [-0.3, -0.25) is 10.4 Å². The lowest BCUT2D eigenvalue weighted by molar-refractivity contribution is 0.414. The lowest BCUT2D eigenvalue weighted by Crippen LogP contribution is -1.99. The van der Waals surface area contributed by atoms with Crippen LogP contribution in [0, 0.1) is 6.92 Å². The van der Waals surface area contributed by atoms with Gasteiger partial charge >= 0.3 is 0 Å². The standard InChI is InChI=1S/C31H31N3O/c1-22-5-17-30(18-6-22)34-33-24(3)27-11-15-29(16-12-27)28-13-9-26(10-14-28)23(2)32-21-25-7-19-31(35-4)20-8-25/h5-20,34H,21H2,1-4H3/b32-23?,33-24+. The summed E-state index contributed by atoms with van der Waals surface area (Å²) in [6.45, 7) is 6.80. The van der Waals surface area contributed by atoms with Gasteiger partial charge in [-0.1, -0.05) is 78.4 Å². The van der Waals surface area contributed by atoms with Crippen molar-refractivity contribution < 1.29 is 4.74 Å². The first-order valence-corrected chi connectivity index (χ1v) is 11.7. The Labute approximate surface area is 208 Å². The third kappa shape index (κ3) is 6.45. The number of hydrogen-bond donors (Lipinski definition) is 1. The summed E-state index contributed by atoms with van der Waals surface area (Å²) in [6.07, 6.45) is 0. The maximum Gasteiger partial charge on any atom is 0.118 e. The minimum Gasteiger partial charge on any atom is -0.497 e. The SMILES string of the molecule is COc1ccc(CN=C(C)c2ccc(-c3ccc(/C(C)=N/Nc4ccc(C)cc4)cc3)cc2)cc1. The number of nitrogens with zero attached hydrogens (tertiary/aromatic N) is 2. The molecule has 0 aliphatic rings. The summed E-state index contributed by atoms with van der Waals surface area (Å²) >= 11 is 0. The number of benzene rings is 4. The molecule has 0 amide bonds. The number of aryl methyl sites for hydroxylation is 1. The lowest BCUT2D eigenvalue weighted by atomic mass is 10.0. The van der Waals surface area contributed by atoms with Crippen LogP contribution in [0.4, 0.5) is 5.69 Å². The monoisotopic (exact) mass is 461 g/mol. The molecule has 4 aromatic rings. The second-order valence-electron chi connectivity index (χ2n) is 8.58. The summed E-state index contributed by atoms with van der Waals surface area (Å²) in [5.74, 6) is 0.861. The Morgan fingerprint density at radius 3 is 1.77 bits per heavy atom. The van der Waals surface area contributed by atoms with Crippen LogP contribution in [-0.4, -0.2) is 18.5 Å². The van der Waals surface area contributed by atoms with Gasteiger partial charge < -0.3 is 4.74 Å². The second-order valence-corrected chi connectivity index (χ2v) is 8.58. The van der Waals surface area contributed by atoms with Gasteiger partial charge in [0.2, 0.25) is 0 Å². The molecule has 0 aromatic heterocycles. The van der Waals surface area contributed by atoms with Gasteiger partial charge in [0.25, 0.3) is 0 Å².